The number of nitrogens with one attached hydrogen (secondary N) is 1. The summed E-state index contributed by atoms with van der Waals surface area (Å²) in [6, 6.07) is 4.88. The molecular weight excluding hydrogens is 326 g/mol. The Labute approximate surface area is 126 Å². The number of benzene rings is 1. The Bertz CT molecular complexity index is 490. The molecule has 0 aromatic heterocycles. The monoisotopic (exact) mass is 343 g/mol. The van der Waals surface area contributed by atoms with Gasteiger partial charge in [0.2, 0.25) is 5.91 Å². The Hall–Kier alpha value is -1.40. The van der Waals surface area contributed by atoms with Gasteiger partial charge < -0.3 is 15.2 Å². The Morgan fingerprint density at radius 3 is 2.70 bits per heavy atom. The molecule has 0 heterocycles. The number of aryl methyl sites for hydroxylation is 2. The molecule has 0 saturated heterocycles. The Morgan fingerprint density at radius 1 is 1.45 bits per heavy atom. The van der Waals surface area contributed by atoms with Crippen molar-refractivity contribution in [2.24, 2.45) is 0 Å². The second-order valence-corrected chi connectivity index (χ2v) is 5.35. The SMILES string of the molecule is COCC(NC(=O)CCc1ccc(Br)c(C)c1)C(=O)O. The number of methoxy groups -OCH3 is 1. The first-order valence-electron chi connectivity index (χ1n) is 6.20. The zero-order valence-corrected chi connectivity index (χ0v) is 13.1. The summed E-state index contributed by atoms with van der Waals surface area (Å²) >= 11 is 3.42. The number of carboxylic acids is 1. The van der Waals surface area contributed by atoms with Crippen LogP contribution in [0.25, 0.3) is 0 Å². The summed E-state index contributed by atoms with van der Waals surface area (Å²) in [5, 5.41) is 11.3. The van der Waals surface area contributed by atoms with E-state index in [0.29, 0.717) is 6.42 Å². The molecule has 6 heteroatoms. The minimum absolute atomic E-state index is 0.0432. The number of ether oxygens (including phenoxy) is 1. The van der Waals surface area contributed by atoms with Crippen molar-refractivity contribution in [2.75, 3.05) is 13.7 Å². The zero-order chi connectivity index (χ0) is 15.1. The molecule has 0 aliphatic rings. The molecule has 1 atom stereocenters. The van der Waals surface area contributed by atoms with E-state index in [2.05, 4.69) is 21.2 Å². The van der Waals surface area contributed by atoms with Crippen LogP contribution in [0.15, 0.2) is 22.7 Å². The van der Waals surface area contributed by atoms with E-state index in [1.165, 1.54) is 7.11 Å². The molecule has 110 valence electrons. The van der Waals surface area contributed by atoms with Gasteiger partial charge in [-0.1, -0.05) is 28.1 Å². The number of carboxylic acid groups (broad SMARTS) is 1. The van der Waals surface area contributed by atoms with E-state index in [4.69, 9.17) is 9.84 Å². The summed E-state index contributed by atoms with van der Waals surface area (Å²) in [7, 11) is 1.40. The van der Waals surface area contributed by atoms with Gasteiger partial charge in [0.05, 0.1) is 6.61 Å². The van der Waals surface area contributed by atoms with Gasteiger partial charge in [-0.2, -0.15) is 0 Å². The fraction of sp³-hybridized carbons (Fsp3) is 0.429. The Kier molecular flexibility index (Phi) is 6.67. The first-order valence-corrected chi connectivity index (χ1v) is 6.99. The fourth-order valence-electron chi connectivity index (χ4n) is 1.73. The van der Waals surface area contributed by atoms with Crippen molar-refractivity contribution in [1.29, 1.82) is 0 Å². The van der Waals surface area contributed by atoms with E-state index in [9.17, 15) is 9.59 Å². The normalized spacial score (nSPS) is 11.9. The standard InChI is InChI=1S/C14H18BrNO4/c1-9-7-10(3-5-11(9)15)4-6-13(17)16-12(8-20-2)14(18)19/h3,5,7,12H,4,6,8H2,1-2H3,(H,16,17)(H,18,19). The summed E-state index contributed by atoms with van der Waals surface area (Å²) < 4.78 is 5.78. The first kappa shape index (κ1) is 16.7. The molecule has 1 aromatic carbocycles. The Morgan fingerprint density at radius 2 is 2.15 bits per heavy atom. The largest absolute Gasteiger partial charge is 0.480 e. The average molecular weight is 344 g/mol. The molecule has 1 aromatic rings. The molecule has 0 fully saturated rings. The second kappa shape index (κ2) is 8.01. The minimum atomic E-state index is -1.10. The lowest BCUT2D eigenvalue weighted by Gasteiger charge is -2.13. The summed E-state index contributed by atoms with van der Waals surface area (Å²) in [6.45, 7) is 1.94. The number of hydrogen-bond acceptors (Lipinski definition) is 3. The number of carbonyl (C=O) groups excluding carboxylic acids is 1. The summed E-state index contributed by atoms with van der Waals surface area (Å²) in [5.74, 6) is -1.39. The molecule has 2 N–H and O–H groups in total. The van der Waals surface area contributed by atoms with Crippen LogP contribution in [0.2, 0.25) is 0 Å². The van der Waals surface area contributed by atoms with E-state index in [-0.39, 0.29) is 18.9 Å². The molecule has 0 aliphatic heterocycles. The molecule has 0 saturated carbocycles. The lowest BCUT2D eigenvalue weighted by molar-refractivity contribution is -0.143. The molecule has 1 rings (SSSR count). The van der Waals surface area contributed by atoms with E-state index < -0.39 is 12.0 Å². The maximum atomic E-state index is 11.7. The predicted molar refractivity (Wildman–Crippen MR) is 78.6 cm³/mol. The van der Waals surface area contributed by atoms with E-state index in [1.54, 1.807) is 0 Å². The van der Waals surface area contributed by atoms with E-state index >= 15 is 0 Å². The van der Waals surface area contributed by atoms with Crippen LogP contribution in [-0.2, 0) is 20.7 Å². The predicted octanol–water partition coefficient (Wildman–Crippen LogP) is 1.91. The first-order chi connectivity index (χ1) is 9.43. The van der Waals surface area contributed by atoms with Crippen LogP contribution in [0.4, 0.5) is 0 Å². The molecule has 20 heavy (non-hydrogen) atoms. The van der Waals surface area contributed by atoms with Crippen LogP contribution in [0.1, 0.15) is 17.5 Å². The molecular formula is C14H18BrNO4. The van der Waals surface area contributed by atoms with Crippen LogP contribution in [0.3, 0.4) is 0 Å². The van der Waals surface area contributed by atoms with Crippen molar-refractivity contribution < 1.29 is 19.4 Å². The quantitative estimate of drug-likeness (QED) is 0.792. The van der Waals surface area contributed by atoms with Crippen molar-refractivity contribution in [2.45, 2.75) is 25.8 Å². The van der Waals surface area contributed by atoms with Crippen molar-refractivity contribution in [3.05, 3.63) is 33.8 Å². The highest BCUT2D eigenvalue weighted by Gasteiger charge is 2.19. The van der Waals surface area contributed by atoms with Gasteiger partial charge >= 0.3 is 5.97 Å². The minimum Gasteiger partial charge on any atom is -0.480 e. The molecule has 5 nitrogen and oxygen atoms in total. The van der Waals surface area contributed by atoms with Gasteiger partial charge in [-0.3, -0.25) is 4.79 Å². The van der Waals surface area contributed by atoms with E-state index in [0.717, 1.165) is 15.6 Å². The average Bonchev–Trinajstić information content (AvgIpc) is 2.39. The van der Waals surface area contributed by atoms with E-state index in [1.807, 2.05) is 25.1 Å². The zero-order valence-electron chi connectivity index (χ0n) is 11.5. The number of halogens is 1. The molecule has 0 bridgehead atoms. The third kappa shape index (κ3) is 5.30. The number of carbonyl (C=O) groups is 2. The maximum Gasteiger partial charge on any atom is 0.328 e. The number of hydrogen-bond donors (Lipinski definition) is 2. The van der Waals surface area contributed by atoms with Gasteiger partial charge in [-0.05, 0) is 30.5 Å². The topological polar surface area (TPSA) is 75.6 Å². The van der Waals surface area contributed by atoms with Gasteiger partial charge in [-0.25, -0.2) is 4.79 Å². The van der Waals surface area contributed by atoms with Crippen LogP contribution in [0.5, 0.6) is 0 Å². The Balaban J connectivity index is 2.50. The molecule has 1 unspecified atom stereocenters. The van der Waals surface area contributed by atoms with Gasteiger partial charge in [0.15, 0.2) is 6.04 Å². The number of amides is 1. The highest BCUT2D eigenvalue weighted by atomic mass is 79.9. The highest BCUT2D eigenvalue weighted by molar-refractivity contribution is 9.10. The molecule has 0 radical (unpaired) electrons. The summed E-state index contributed by atoms with van der Waals surface area (Å²) in [4.78, 5) is 22.6. The van der Waals surface area contributed by atoms with Gasteiger partial charge in [0, 0.05) is 18.0 Å². The van der Waals surface area contributed by atoms with Crippen LogP contribution >= 0.6 is 15.9 Å². The molecule has 1 amide bonds. The van der Waals surface area contributed by atoms with Gasteiger partial charge in [-0.15, -0.1) is 0 Å². The fourth-order valence-corrected chi connectivity index (χ4v) is 1.97. The number of aliphatic carboxylic acids is 1. The van der Waals surface area contributed by atoms with Crippen LogP contribution in [0, 0.1) is 6.92 Å². The van der Waals surface area contributed by atoms with Crippen LogP contribution < -0.4 is 5.32 Å². The van der Waals surface area contributed by atoms with Crippen molar-refractivity contribution >= 4 is 27.8 Å². The molecule has 0 spiro atoms. The van der Waals surface area contributed by atoms with Gasteiger partial charge in [0.25, 0.3) is 0 Å². The maximum absolute atomic E-state index is 11.7. The second-order valence-electron chi connectivity index (χ2n) is 4.50. The molecule has 0 aliphatic carbocycles. The van der Waals surface area contributed by atoms with Crippen molar-refractivity contribution in [3.63, 3.8) is 0 Å². The lowest BCUT2D eigenvalue weighted by Crippen LogP contribution is -2.43. The van der Waals surface area contributed by atoms with Crippen molar-refractivity contribution in [3.8, 4) is 0 Å². The lowest BCUT2D eigenvalue weighted by atomic mass is 10.1. The van der Waals surface area contributed by atoms with Gasteiger partial charge in [0.1, 0.15) is 0 Å². The summed E-state index contributed by atoms with van der Waals surface area (Å²) in [5.41, 5.74) is 2.14. The summed E-state index contributed by atoms with van der Waals surface area (Å²) in [6.07, 6.45) is 0.813. The smallest absolute Gasteiger partial charge is 0.328 e. The van der Waals surface area contributed by atoms with Crippen LogP contribution in [-0.4, -0.2) is 36.7 Å². The highest BCUT2D eigenvalue weighted by Crippen LogP contribution is 2.17. The third-order valence-corrected chi connectivity index (χ3v) is 3.72. The third-order valence-electron chi connectivity index (χ3n) is 2.83. The van der Waals surface area contributed by atoms with Crippen molar-refractivity contribution in [1.82, 2.24) is 5.32 Å². The number of rotatable bonds is 7.